The molecule has 1 amide bonds. The van der Waals surface area contributed by atoms with E-state index in [-0.39, 0.29) is 17.4 Å². The topological polar surface area (TPSA) is 66.4 Å². The summed E-state index contributed by atoms with van der Waals surface area (Å²) >= 11 is 0. The SMILES string of the molecule is CC(C)C(=O)NCc1cccc(C(=O)O)c1. The molecule has 16 heavy (non-hydrogen) atoms. The van der Waals surface area contributed by atoms with Crippen molar-refractivity contribution < 1.29 is 14.7 Å². The Bertz CT molecular complexity index is 399. The van der Waals surface area contributed by atoms with Crippen LogP contribution in [0.15, 0.2) is 24.3 Å². The van der Waals surface area contributed by atoms with Gasteiger partial charge in [-0.05, 0) is 17.7 Å². The van der Waals surface area contributed by atoms with E-state index in [9.17, 15) is 9.59 Å². The zero-order valence-corrected chi connectivity index (χ0v) is 9.36. The number of amides is 1. The van der Waals surface area contributed by atoms with Gasteiger partial charge in [-0.3, -0.25) is 4.79 Å². The van der Waals surface area contributed by atoms with Gasteiger partial charge in [0.25, 0.3) is 0 Å². The van der Waals surface area contributed by atoms with Gasteiger partial charge in [0.05, 0.1) is 5.56 Å². The lowest BCUT2D eigenvalue weighted by molar-refractivity contribution is -0.124. The van der Waals surface area contributed by atoms with Gasteiger partial charge in [0.2, 0.25) is 5.91 Å². The second-order valence-electron chi connectivity index (χ2n) is 3.88. The number of carboxylic acid groups (broad SMARTS) is 1. The number of nitrogens with one attached hydrogen (secondary N) is 1. The molecular formula is C12H15NO3. The molecule has 4 nitrogen and oxygen atoms in total. The van der Waals surface area contributed by atoms with E-state index in [2.05, 4.69) is 5.32 Å². The van der Waals surface area contributed by atoms with Gasteiger partial charge in [0.15, 0.2) is 0 Å². The van der Waals surface area contributed by atoms with Crippen molar-refractivity contribution >= 4 is 11.9 Å². The van der Waals surface area contributed by atoms with Crippen molar-refractivity contribution in [1.29, 1.82) is 0 Å². The van der Waals surface area contributed by atoms with Crippen molar-refractivity contribution in [3.8, 4) is 0 Å². The first kappa shape index (κ1) is 12.2. The predicted octanol–water partition coefficient (Wildman–Crippen LogP) is 1.66. The second kappa shape index (κ2) is 5.30. The summed E-state index contributed by atoms with van der Waals surface area (Å²) in [5.41, 5.74) is 1.02. The third-order valence-corrected chi connectivity index (χ3v) is 2.17. The maximum Gasteiger partial charge on any atom is 0.335 e. The molecule has 2 N–H and O–H groups in total. The highest BCUT2D eigenvalue weighted by Gasteiger charge is 2.07. The number of carboxylic acids is 1. The van der Waals surface area contributed by atoms with Gasteiger partial charge in [-0.2, -0.15) is 0 Å². The molecule has 0 bridgehead atoms. The van der Waals surface area contributed by atoms with Gasteiger partial charge in [0.1, 0.15) is 0 Å². The van der Waals surface area contributed by atoms with Crippen LogP contribution >= 0.6 is 0 Å². The number of aromatic carboxylic acids is 1. The number of benzene rings is 1. The smallest absolute Gasteiger partial charge is 0.335 e. The van der Waals surface area contributed by atoms with Crippen LogP contribution in [0.2, 0.25) is 0 Å². The van der Waals surface area contributed by atoms with E-state index in [4.69, 9.17) is 5.11 Å². The molecule has 0 saturated carbocycles. The number of carbonyl (C=O) groups excluding carboxylic acids is 1. The molecule has 0 radical (unpaired) electrons. The van der Waals surface area contributed by atoms with E-state index in [0.29, 0.717) is 6.54 Å². The first-order valence-electron chi connectivity index (χ1n) is 5.10. The first-order chi connectivity index (χ1) is 7.50. The minimum absolute atomic E-state index is 0.0410. The molecule has 0 unspecified atom stereocenters. The van der Waals surface area contributed by atoms with Gasteiger partial charge in [0, 0.05) is 12.5 Å². The fourth-order valence-electron chi connectivity index (χ4n) is 1.21. The Morgan fingerprint density at radius 2 is 2.06 bits per heavy atom. The van der Waals surface area contributed by atoms with Crippen LogP contribution in [0.3, 0.4) is 0 Å². The fraction of sp³-hybridized carbons (Fsp3) is 0.333. The van der Waals surface area contributed by atoms with E-state index in [0.717, 1.165) is 5.56 Å². The Hall–Kier alpha value is -1.84. The van der Waals surface area contributed by atoms with Crippen molar-refractivity contribution in [1.82, 2.24) is 5.32 Å². The van der Waals surface area contributed by atoms with Crippen molar-refractivity contribution in [2.75, 3.05) is 0 Å². The molecule has 0 saturated heterocycles. The van der Waals surface area contributed by atoms with E-state index < -0.39 is 5.97 Å². The summed E-state index contributed by atoms with van der Waals surface area (Å²) in [6.07, 6.45) is 0. The number of hydrogen-bond acceptors (Lipinski definition) is 2. The summed E-state index contributed by atoms with van der Waals surface area (Å²) in [5, 5.41) is 11.5. The average molecular weight is 221 g/mol. The molecule has 0 aliphatic rings. The maximum atomic E-state index is 11.3. The molecule has 1 aromatic carbocycles. The monoisotopic (exact) mass is 221 g/mol. The number of hydrogen-bond donors (Lipinski definition) is 2. The van der Waals surface area contributed by atoms with Crippen LogP contribution in [0.25, 0.3) is 0 Å². The van der Waals surface area contributed by atoms with Crippen LogP contribution < -0.4 is 5.32 Å². The van der Waals surface area contributed by atoms with E-state index in [1.165, 1.54) is 6.07 Å². The summed E-state index contributed by atoms with van der Waals surface area (Å²) in [5.74, 6) is -1.07. The Morgan fingerprint density at radius 1 is 1.38 bits per heavy atom. The third kappa shape index (κ3) is 3.38. The Balaban J connectivity index is 2.64. The summed E-state index contributed by atoms with van der Waals surface area (Å²) < 4.78 is 0. The van der Waals surface area contributed by atoms with Crippen LogP contribution in [0.5, 0.6) is 0 Å². The van der Waals surface area contributed by atoms with E-state index >= 15 is 0 Å². The van der Waals surface area contributed by atoms with Crippen LogP contribution in [0, 0.1) is 5.92 Å². The lowest BCUT2D eigenvalue weighted by Gasteiger charge is -2.07. The Labute approximate surface area is 94.3 Å². The summed E-state index contributed by atoms with van der Waals surface area (Å²) in [6.45, 7) is 3.98. The van der Waals surface area contributed by atoms with Gasteiger partial charge in [-0.25, -0.2) is 4.79 Å². The summed E-state index contributed by atoms with van der Waals surface area (Å²) in [4.78, 5) is 22.0. The summed E-state index contributed by atoms with van der Waals surface area (Å²) in [6, 6.07) is 6.53. The highest BCUT2D eigenvalue weighted by molar-refractivity contribution is 5.87. The van der Waals surface area contributed by atoms with Gasteiger partial charge in [-0.15, -0.1) is 0 Å². The molecule has 0 fully saturated rings. The van der Waals surface area contributed by atoms with Crippen LogP contribution in [0.4, 0.5) is 0 Å². The lowest BCUT2D eigenvalue weighted by atomic mass is 10.1. The normalized spacial score (nSPS) is 10.2. The standard InChI is InChI=1S/C12H15NO3/c1-8(2)11(14)13-7-9-4-3-5-10(6-9)12(15)16/h3-6,8H,7H2,1-2H3,(H,13,14)(H,15,16). The third-order valence-electron chi connectivity index (χ3n) is 2.17. The largest absolute Gasteiger partial charge is 0.478 e. The Morgan fingerprint density at radius 3 is 2.62 bits per heavy atom. The van der Waals surface area contributed by atoms with Gasteiger partial charge < -0.3 is 10.4 Å². The molecule has 1 aromatic rings. The molecule has 0 heterocycles. The molecule has 0 spiro atoms. The Kier molecular flexibility index (Phi) is 4.05. The van der Waals surface area contributed by atoms with Crippen molar-refractivity contribution in [2.45, 2.75) is 20.4 Å². The van der Waals surface area contributed by atoms with Crippen LogP contribution in [-0.4, -0.2) is 17.0 Å². The van der Waals surface area contributed by atoms with Crippen molar-refractivity contribution in [2.24, 2.45) is 5.92 Å². The van der Waals surface area contributed by atoms with E-state index in [1.54, 1.807) is 18.2 Å². The zero-order chi connectivity index (χ0) is 12.1. The molecule has 4 heteroatoms. The zero-order valence-electron chi connectivity index (χ0n) is 9.36. The molecule has 86 valence electrons. The second-order valence-corrected chi connectivity index (χ2v) is 3.88. The van der Waals surface area contributed by atoms with Crippen molar-refractivity contribution in [3.05, 3.63) is 35.4 Å². The van der Waals surface area contributed by atoms with E-state index in [1.807, 2.05) is 13.8 Å². The lowest BCUT2D eigenvalue weighted by Crippen LogP contribution is -2.27. The quantitative estimate of drug-likeness (QED) is 0.812. The number of carbonyl (C=O) groups is 2. The van der Waals surface area contributed by atoms with Gasteiger partial charge in [-0.1, -0.05) is 26.0 Å². The maximum absolute atomic E-state index is 11.3. The highest BCUT2D eigenvalue weighted by atomic mass is 16.4. The van der Waals surface area contributed by atoms with Crippen LogP contribution in [-0.2, 0) is 11.3 Å². The first-order valence-corrected chi connectivity index (χ1v) is 5.10. The van der Waals surface area contributed by atoms with Crippen LogP contribution in [0.1, 0.15) is 29.8 Å². The fourth-order valence-corrected chi connectivity index (χ4v) is 1.21. The predicted molar refractivity (Wildman–Crippen MR) is 60.1 cm³/mol. The minimum atomic E-state index is -0.961. The average Bonchev–Trinajstić information content (AvgIpc) is 2.26. The molecule has 0 aliphatic carbocycles. The molecule has 1 rings (SSSR count). The molecule has 0 aromatic heterocycles. The van der Waals surface area contributed by atoms with Gasteiger partial charge >= 0.3 is 5.97 Å². The molecular weight excluding hydrogens is 206 g/mol. The molecule has 0 atom stereocenters. The molecule has 0 aliphatic heterocycles. The summed E-state index contributed by atoms with van der Waals surface area (Å²) in [7, 11) is 0. The highest BCUT2D eigenvalue weighted by Crippen LogP contribution is 2.05. The minimum Gasteiger partial charge on any atom is -0.478 e. The van der Waals surface area contributed by atoms with Crippen molar-refractivity contribution in [3.63, 3.8) is 0 Å². The number of rotatable bonds is 4.